The van der Waals surface area contributed by atoms with Gasteiger partial charge in [0.2, 0.25) is 0 Å². The van der Waals surface area contributed by atoms with E-state index in [0.29, 0.717) is 60.3 Å². The summed E-state index contributed by atoms with van der Waals surface area (Å²) in [5, 5.41) is 0. The van der Waals surface area contributed by atoms with Crippen molar-refractivity contribution in [1.82, 2.24) is 14.8 Å². The Hall–Kier alpha value is -3.43. The fourth-order valence-electron chi connectivity index (χ4n) is 3.64. The molecule has 1 aromatic carbocycles. The Balaban J connectivity index is 2.09. The predicted molar refractivity (Wildman–Crippen MR) is 122 cm³/mol. The first-order valence-corrected chi connectivity index (χ1v) is 10.5. The van der Waals surface area contributed by atoms with Crippen molar-refractivity contribution in [2.75, 3.05) is 54.7 Å². The van der Waals surface area contributed by atoms with Crippen LogP contribution < -0.4 is 9.47 Å². The molecule has 9 nitrogen and oxygen atoms in total. The van der Waals surface area contributed by atoms with Gasteiger partial charge in [-0.25, -0.2) is 0 Å². The summed E-state index contributed by atoms with van der Waals surface area (Å²) >= 11 is 0. The quantitative estimate of drug-likeness (QED) is 0.449. The Labute approximate surface area is 193 Å². The van der Waals surface area contributed by atoms with Gasteiger partial charge in [0, 0.05) is 33.5 Å². The lowest BCUT2D eigenvalue weighted by atomic mass is 10.0. The largest absolute Gasteiger partial charge is 0.493 e. The molecule has 0 bridgehead atoms. The number of methoxy groups -OCH3 is 4. The van der Waals surface area contributed by atoms with Crippen LogP contribution in [0.4, 0.5) is 0 Å². The predicted octanol–water partition coefficient (Wildman–Crippen LogP) is 1.97. The van der Waals surface area contributed by atoms with E-state index in [1.165, 1.54) is 19.1 Å². The van der Waals surface area contributed by atoms with Gasteiger partial charge in [0.05, 0.1) is 45.2 Å². The molecule has 0 aliphatic carbocycles. The topological polar surface area (TPSA) is 90.4 Å². The normalized spacial score (nSPS) is 13.6. The highest BCUT2D eigenvalue weighted by Gasteiger charge is 2.41. The SMILES string of the molecule is COCCN(CCOC)C1=C(c2ccc(OC)c(OC)c2)C(=O)N(Cc2ccccn2)C1=O. The van der Waals surface area contributed by atoms with Crippen molar-refractivity contribution in [3.63, 3.8) is 0 Å². The molecular weight excluding hydrogens is 426 g/mol. The second-order valence-corrected chi connectivity index (χ2v) is 7.28. The van der Waals surface area contributed by atoms with Crippen molar-refractivity contribution in [3.05, 3.63) is 59.5 Å². The molecule has 9 heteroatoms. The van der Waals surface area contributed by atoms with E-state index in [1.807, 2.05) is 11.0 Å². The van der Waals surface area contributed by atoms with Crippen molar-refractivity contribution >= 4 is 17.4 Å². The van der Waals surface area contributed by atoms with Crippen molar-refractivity contribution in [2.45, 2.75) is 6.54 Å². The third kappa shape index (κ3) is 5.32. The Morgan fingerprint density at radius 2 is 1.58 bits per heavy atom. The van der Waals surface area contributed by atoms with Crippen molar-refractivity contribution in [2.24, 2.45) is 0 Å². The minimum Gasteiger partial charge on any atom is -0.493 e. The van der Waals surface area contributed by atoms with E-state index < -0.39 is 5.91 Å². The molecule has 0 atom stereocenters. The number of nitrogens with zero attached hydrogens (tertiary/aromatic N) is 3. The van der Waals surface area contributed by atoms with E-state index >= 15 is 0 Å². The molecule has 0 unspecified atom stereocenters. The van der Waals surface area contributed by atoms with Crippen LogP contribution in [0.1, 0.15) is 11.3 Å². The molecule has 2 heterocycles. The van der Waals surface area contributed by atoms with E-state index in [-0.39, 0.29) is 12.5 Å². The monoisotopic (exact) mass is 455 g/mol. The van der Waals surface area contributed by atoms with Crippen LogP contribution in [0.2, 0.25) is 0 Å². The lowest BCUT2D eigenvalue weighted by Gasteiger charge is -2.25. The van der Waals surface area contributed by atoms with Crippen LogP contribution in [0.15, 0.2) is 48.3 Å². The van der Waals surface area contributed by atoms with Gasteiger partial charge >= 0.3 is 0 Å². The van der Waals surface area contributed by atoms with Gasteiger partial charge < -0.3 is 23.8 Å². The Bertz CT molecular complexity index is 1000. The zero-order chi connectivity index (χ0) is 23.8. The van der Waals surface area contributed by atoms with Crippen molar-refractivity contribution in [3.8, 4) is 11.5 Å². The average molecular weight is 456 g/mol. The van der Waals surface area contributed by atoms with Crippen LogP contribution >= 0.6 is 0 Å². The molecule has 1 aliphatic rings. The number of aromatic nitrogens is 1. The molecule has 1 aromatic heterocycles. The zero-order valence-electron chi connectivity index (χ0n) is 19.4. The molecule has 0 radical (unpaired) electrons. The van der Waals surface area contributed by atoms with E-state index in [0.717, 1.165) is 0 Å². The van der Waals surface area contributed by atoms with Gasteiger partial charge in [-0.1, -0.05) is 12.1 Å². The van der Waals surface area contributed by atoms with Crippen LogP contribution in [0, 0.1) is 0 Å². The molecule has 1 aliphatic heterocycles. The average Bonchev–Trinajstić information content (AvgIpc) is 3.09. The van der Waals surface area contributed by atoms with Crippen molar-refractivity contribution < 1.29 is 28.5 Å². The summed E-state index contributed by atoms with van der Waals surface area (Å²) in [6.07, 6.45) is 1.63. The Morgan fingerprint density at radius 1 is 0.879 bits per heavy atom. The Kier molecular flexibility index (Phi) is 8.39. The molecule has 0 N–H and O–H groups in total. The second kappa shape index (κ2) is 11.4. The summed E-state index contributed by atoms with van der Waals surface area (Å²) in [5.74, 6) is 0.210. The van der Waals surface area contributed by atoms with E-state index in [4.69, 9.17) is 18.9 Å². The number of hydrogen-bond acceptors (Lipinski definition) is 8. The van der Waals surface area contributed by atoms with E-state index in [9.17, 15) is 9.59 Å². The Morgan fingerprint density at radius 3 is 2.15 bits per heavy atom. The summed E-state index contributed by atoms with van der Waals surface area (Å²) in [5.41, 5.74) is 1.78. The van der Waals surface area contributed by atoms with Crippen LogP contribution in [-0.2, 0) is 25.6 Å². The number of hydrogen-bond donors (Lipinski definition) is 0. The first kappa shape index (κ1) is 24.2. The molecule has 3 rings (SSSR count). The van der Waals surface area contributed by atoms with Gasteiger partial charge in [-0.2, -0.15) is 0 Å². The van der Waals surface area contributed by atoms with Crippen molar-refractivity contribution in [1.29, 1.82) is 0 Å². The molecule has 0 saturated carbocycles. The first-order valence-electron chi connectivity index (χ1n) is 10.5. The van der Waals surface area contributed by atoms with E-state index in [1.54, 1.807) is 50.7 Å². The molecule has 0 saturated heterocycles. The summed E-state index contributed by atoms with van der Waals surface area (Å²) < 4.78 is 21.2. The third-order valence-electron chi connectivity index (χ3n) is 5.31. The highest BCUT2D eigenvalue weighted by atomic mass is 16.5. The standard InChI is InChI=1S/C24H29N3O6/c1-30-13-11-26(12-14-31-2)22-21(17-8-9-19(32-3)20(15-17)33-4)23(28)27(24(22)29)16-18-7-5-6-10-25-18/h5-10,15H,11-14,16H2,1-4H3. The molecule has 2 aromatic rings. The number of ether oxygens (including phenoxy) is 4. The van der Waals surface area contributed by atoms with Gasteiger partial charge in [-0.05, 0) is 29.8 Å². The number of carbonyl (C=O) groups excluding carboxylic acids is 2. The zero-order valence-corrected chi connectivity index (χ0v) is 19.4. The van der Waals surface area contributed by atoms with Gasteiger partial charge in [0.1, 0.15) is 5.70 Å². The summed E-state index contributed by atoms with van der Waals surface area (Å²) in [7, 11) is 6.24. The summed E-state index contributed by atoms with van der Waals surface area (Å²) in [6.45, 7) is 1.67. The third-order valence-corrected chi connectivity index (χ3v) is 5.31. The fraction of sp³-hybridized carbons (Fsp3) is 0.375. The van der Waals surface area contributed by atoms with Gasteiger partial charge in [-0.15, -0.1) is 0 Å². The van der Waals surface area contributed by atoms with Crippen LogP contribution in [0.25, 0.3) is 5.57 Å². The molecule has 33 heavy (non-hydrogen) atoms. The second-order valence-electron chi connectivity index (χ2n) is 7.28. The molecule has 0 spiro atoms. The molecule has 176 valence electrons. The van der Waals surface area contributed by atoms with Crippen LogP contribution in [0.3, 0.4) is 0 Å². The number of benzene rings is 1. The maximum absolute atomic E-state index is 13.6. The number of carbonyl (C=O) groups is 2. The van der Waals surface area contributed by atoms with Crippen LogP contribution in [-0.4, -0.2) is 81.3 Å². The van der Waals surface area contributed by atoms with Gasteiger partial charge in [-0.3, -0.25) is 19.5 Å². The fourth-order valence-corrected chi connectivity index (χ4v) is 3.64. The minimum absolute atomic E-state index is 0.0706. The molecule has 0 fully saturated rings. The number of rotatable bonds is 12. The van der Waals surface area contributed by atoms with Gasteiger partial charge in [0.15, 0.2) is 11.5 Å². The minimum atomic E-state index is -0.396. The van der Waals surface area contributed by atoms with E-state index in [2.05, 4.69) is 4.98 Å². The number of pyridine rings is 1. The lowest BCUT2D eigenvalue weighted by Crippen LogP contribution is -2.37. The number of imide groups is 1. The maximum Gasteiger partial charge on any atom is 0.278 e. The highest BCUT2D eigenvalue weighted by molar-refractivity contribution is 6.35. The molecular formula is C24H29N3O6. The first-order chi connectivity index (χ1) is 16.0. The summed E-state index contributed by atoms with van der Waals surface area (Å²) in [4.78, 5) is 34.5. The summed E-state index contributed by atoms with van der Waals surface area (Å²) in [6, 6.07) is 10.5. The highest BCUT2D eigenvalue weighted by Crippen LogP contribution is 2.36. The number of amides is 2. The van der Waals surface area contributed by atoms with Gasteiger partial charge in [0.25, 0.3) is 11.8 Å². The maximum atomic E-state index is 13.6. The smallest absolute Gasteiger partial charge is 0.278 e. The molecule has 2 amide bonds. The van der Waals surface area contributed by atoms with Crippen LogP contribution in [0.5, 0.6) is 11.5 Å². The lowest BCUT2D eigenvalue weighted by molar-refractivity contribution is -0.138.